The molecule has 1 fully saturated rings. The van der Waals surface area contributed by atoms with Crippen LogP contribution in [0.4, 0.5) is 8.78 Å². The third kappa shape index (κ3) is 1.33. The van der Waals surface area contributed by atoms with Gasteiger partial charge in [-0.2, -0.15) is 0 Å². The average molecular weight is 164 g/mol. The lowest BCUT2D eigenvalue weighted by molar-refractivity contribution is -0.0581. The molecule has 3 nitrogen and oxygen atoms in total. The van der Waals surface area contributed by atoms with Crippen LogP contribution < -0.4 is 0 Å². The number of amidine groups is 1. The Morgan fingerprint density at radius 2 is 2.27 bits per heavy atom. The molecule has 1 aliphatic heterocycles. The molecule has 1 atom stereocenters. The standard InChI is InChI=1S/C6H10F2N2O/c1-6(5(7)8)2-4(9)10(11)3-6/h5,9,11H,2-3H2,1H3. The van der Waals surface area contributed by atoms with Gasteiger partial charge in [0, 0.05) is 6.42 Å². The van der Waals surface area contributed by atoms with Crippen LogP contribution in [0.3, 0.4) is 0 Å². The summed E-state index contributed by atoms with van der Waals surface area (Å²) in [5.41, 5.74) is -1.24. The quantitative estimate of drug-likeness (QED) is 0.614. The van der Waals surface area contributed by atoms with E-state index in [0.717, 1.165) is 0 Å². The van der Waals surface area contributed by atoms with Crippen LogP contribution in [0.1, 0.15) is 13.3 Å². The maximum absolute atomic E-state index is 12.2. The number of hydroxylamine groups is 2. The fourth-order valence-electron chi connectivity index (χ4n) is 1.11. The summed E-state index contributed by atoms with van der Waals surface area (Å²) >= 11 is 0. The van der Waals surface area contributed by atoms with Gasteiger partial charge in [-0.05, 0) is 0 Å². The average Bonchev–Trinajstić information content (AvgIpc) is 2.09. The molecule has 2 N–H and O–H groups in total. The zero-order valence-corrected chi connectivity index (χ0v) is 6.14. The minimum atomic E-state index is -2.49. The predicted octanol–water partition coefficient (Wildman–Crippen LogP) is 1.33. The van der Waals surface area contributed by atoms with Crippen LogP contribution in [0.2, 0.25) is 0 Å². The first-order valence-corrected chi connectivity index (χ1v) is 3.28. The molecule has 0 radical (unpaired) electrons. The predicted molar refractivity (Wildman–Crippen MR) is 34.9 cm³/mol. The molecule has 0 aromatic heterocycles. The van der Waals surface area contributed by atoms with E-state index in [1.165, 1.54) is 6.92 Å². The molecule has 11 heavy (non-hydrogen) atoms. The van der Waals surface area contributed by atoms with Gasteiger partial charge in [0.25, 0.3) is 0 Å². The number of hydrogen-bond acceptors (Lipinski definition) is 2. The second-order valence-corrected chi connectivity index (χ2v) is 3.14. The first kappa shape index (κ1) is 8.39. The first-order chi connectivity index (χ1) is 4.96. The Morgan fingerprint density at radius 3 is 2.45 bits per heavy atom. The highest BCUT2D eigenvalue weighted by atomic mass is 19.3. The first-order valence-electron chi connectivity index (χ1n) is 3.28. The molecule has 1 rings (SSSR count). The van der Waals surface area contributed by atoms with Gasteiger partial charge in [0.1, 0.15) is 5.84 Å². The third-order valence-corrected chi connectivity index (χ3v) is 1.92. The Morgan fingerprint density at radius 1 is 1.73 bits per heavy atom. The number of hydrogen-bond donors (Lipinski definition) is 2. The summed E-state index contributed by atoms with van der Waals surface area (Å²) in [7, 11) is 0. The minimum Gasteiger partial charge on any atom is -0.287 e. The van der Waals surface area contributed by atoms with Crippen LogP contribution in [-0.2, 0) is 0 Å². The van der Waals surface area contributed by atoms with Crippen molar-refractivity contribution in [3.8, 4) is 0 Å². The van der Waals surface area contributed by atoms with Gasteiger partial charge in [-0.15, -0.1) is 0 Å². The molecule has 0 aromatic rings. The Hall–Kier alpha value is -0.710. The van der Waals surface area contributed by atoms with Crippen LogP contribution in [0.15, 0.2) is 0 Å². The van der Waals surface area contributed by atoms with Crippen LogP contribution in [0, 0.1) is 10.8 Å². The zero-order valence-electron chi connectivity index (χ0n) is 6.14. The summed E-state index contributed by atoms with van der Waals surface area (Å²) in [6, 6.07) is 0. The lowest BCUT2D eigenvalue weighted by atomic mass is 9.90. The lowest BCUT2D eigenvalue weighted by Crippen LogP contribution is -2.29. The van der Waals surface area contributed by atoms with Crippen molar-refractivity contribution in [3.05, 3.63) is 0 Å². The van der Waals surface area contributed by atoms with Gasteiger partial charge in [0.05, 0.1) is 12.0 Å². The van der Waals surface area contributed by atoms with E-state index in [9.17, 15) is 8.78 Å². The van der Waals surface area contributed by atoms with E-state index in [-0.39, 0.29) is 18.8 Å². The second-order valence-electron chi connectivity index (χ2n) is 3.14. The molecule has 0 amide bonds. The maximum atomic E-state index is 12.2. The Bertz CT molecular complexity index is 185. The number of rotatable bonds is 1. The highest BCUT2D eigenvalue weighted by Crippen LogP contribution is 2.35. The summed E-state index contributed by atoms with van der Waals surface area (Å²) < 4.78 is 24.5. The Balaban J connectivity index is 2.71. The molecule has 64 valence electrons. The molecule has 1 unspecified atom stereocenters. The largest absolute Gasteiger partial charge is 0.287 e. The Labute approximate surface area is 63.1 Å². The number of halogens is 2. The molecule has 1 saturated heterocycles. The van der Waals surface area contributed by atoms with Crippen molar-refractivity contribution in [2.24, 2.45) is 5.41 Å². The molecular weight excluding hydrogens is 154 g/mol. The fraction of sp³-hybridized carbons (Fsp3) is 0.833. The summed E-state index contributed by atoms with van der Waals surface area (Å²) in [6.07, 6.45) is -2.54. The van der Waals surface area contributed by atoms with Crippen molar-refractivity contribution in [1.29, 1.82) is 5.41 Å². The van der Waals surface area contributed by atoms with Gasteiger partial charge in [-0.3, -0.25) is 10.6 Å². The van der Waals surface area contributed by atoms with E-state index >= 15 is 0 Å². The molecular formula is C6H10F2N2O. The van der Waals surface area contributed by atoms with Crippen molar-refractivity contribution in [3.63, 3.8) is 0 Å². The smallest absolute Gasteiger partial charge is 0.246 e. The van der Waals surface area contributed by atoms with E-state index in [2.05, 4.69) is 0 Å². The van der Waals surface area contributed by atoms with E-state index in [4.69, 9.17) is 10.6 Å². The van der Waals surface area contributed by atoms with E-state index in [1.807, 2.05) is 0 Å². The summed E-state index contributed by atoms with van der Waals surface area (Å²) in [5.74, 6) is -0.132. The fourth-order valence-corrected chi connectivity index (χ4v) is 1.11. The van der Waals surface area contributed by atoms with Crippen LogP contribution >= 0.6 is 0 Å². The molecule has 0 spiro atoms. The number of alkyl halides is 2. The summed E-state index contributed by atoms with van der Waals surface area (Å²) in [5, 5.41) is 16.5. The maximum Gasteiger partial charge on any atom is 0.246 e. The third-order valence-electron chi connectivity index (χ3n) is 1.92. The van der Waals surface area contributed by atoms with Crippen molar-refractivity contribution in [1.82, 2.24) is 5.06 Å². The van der Waals surface area contributed by atoms with Crippen molar-refractivity contribution < 1.29 is 14.0 Å². The van der Waals surface area contributed by atoms with Crippen LogP contribution in [0.5, 0.6) is 0 Å². The van der Waals surface area contributed by atoms with E-state index in [1.54, 1.807) is 0 Å². The SMILES string of the molecule is CC1(C(F)F)CC(=N)N(O)C1. The molecule has 1 aliphatic rings. The van der Waals surface area contributed by atoms with Gasteiger partial charge >= 0.3 is 0 Å². The minimum absolute atomic E-state index is 0.0544. The molecule has 1 heterocycles. The summed E-state index contributed by atoms with van der Waals surface area (Å²) in [6.45, 7) is 1.21. The molecule has 0 saturated carbocycles. The topological polar surface area (TPSA) is 47.3 Å². The zero-order chi connectivity index (χ0) is 8.65. The molecule has 0 aliphatic carbocycles. The highest BCUT2D eigenvalue weighted by molar-refractivity contribution is 5.80. The van der Waals surface area contributed by atoms with Gasteiger partial charge < -0.3 is 0 Å². The van der Waals surface area contributed by atoms with Crippen LogP contribution in [0.25, 0.3) is 0 Å². The Kier molecular flexibility index (Phi) is 1.83. The highest BCUT2D eigenvalue weighted by Gasteiger charge is 2.44. The number of nitrogens with zero attached hydrogens (tertiary/aromatic N) is 1. The van der Waals surface area contributed by atoms with E-state index in [0.29, 0.717) is 5.06 Å². The summed E-state index contributed by atoms with van der Waals surface area (Å²) in [4.78, 5) is 0. The normalized spacial score (nSPS) is 32.1. The van der Waals surface area contributed by atoms with Crippen molar-refractivity contribution in [2.75, 3.05) is 6.54 Å². The van der Waals surface area contributed by atoms with Gasteiger partial charge in [-0.25, -0.2) is 13.8 Å². The van der Waals surface area contributed by atoms with E-state index < -0.39 is 11.8 Å². The molecule has 5 heteroatoms. The van der Waals surface area contributed by atoms with Gasteiger partial charge in [0.15, 0.2) is 0 Å². The lowest BCUT2D eigenvalue weighted by Gasteiger charge is -2.20. The van der Waals surface area contributed by atoms with Crippen molar-refractivity contribution >= 4 is 5.84 Å². The molecule has 0 aromatic carbocycles. The van der Waals surface area contributed by atoms with Crippen LogP contribution in [-0.4, -0.2) is 29.1 Å². The monoisotopic (exact) mass is 164 g/mol. The number of nitrogens with one attached hydrogen (secondary N) is 1. The second kappa shape index (κ2) is 2.41. The van der Waals surface area contributed by atoms with Gasteiger partial charge in [-0.1, -0.05) is 6.92 Å². The molecule has 0 bridgehead atoms. The van der Waals surface area contributed by atoms with Crippen molar-refractivity contribution in [2.45, 2.75) is 19.8 Å². The van der Waals surface area contributed by atoms with Gasteiger partial charge in [0.2, 0.25) is 6.43 Å².